The molecule has 106 valence electrons. The van der Waals surface area contributed by atoms with E-state index in [4.69, 9.17) is 4.74 Å². The van der Waals surface area contributed by atoms with Gasteiger partial charge in [0, 0.05) is 19.6 Å². The van der Waals surface area contributed by atoms with Crippen LogP contribution >= 0.6 is 12.4 Å². The van der Waals surface area contributed by atoms with E-state index in [9.17, 15) is 4.79 Å². The number of nitrogens with zero attached hydrogens (tertiary/aromatic N) is 1. The van der Waals surface area contributed by atoms with Gasteiger partial charge in [-0.15, -0.1) is 12.4 Å². The van der Waals surface area contributed by atoms with Gasteiger partial charge in [-0.3, -0.25) is 0 Å². The van der Waals surface area contributed by atoms with E-state index < -0.39 is 0 Å². The Balaban J connectivity index is 0.00000180. The summed E-state index contributed by atoms with van der Waals surface area (Å²) in [5, 5.41) is 3.28. The molecule has 1 aromatic rings. The molecule has 1 saturated heterocycles. The Kier molecular flexibility index (Phi) is 5.63. The Bertz CT molecular complexity index is 409. The minimum atomic E-state index is -0.231. The molecule has 4 nitrogen and oxygen atoms in total. The number of hydrogen-bond donors (Lipinski definition) is 1. The van der Waals surface area contributed by atoms with Crippen LogP contribution in [0.1, 0.15) is 19.4 Å². The molecular formula is C14H21ClN2O2. The molecule has 0 bridgehead atoms. The lowest BCUT2D eigenvalue weighted by Crippen LogP contribution is -2.59. The maximum Gasteiger partial charge on any atom is 0.410 e. The van der Waals surface area contributed by atoms with Gasteiger partial charge in [-0.1, -0.05) is 30.3 Å². The highest BCUT2D eigenvalue weighted by molar-refractivity contribution is 5.85. The van der Waals surface area contributed by atoms with Crippen molar-refractivity contribution in [3.8, 4) is 0 Å². The summed E-state index contributed by atoms with van der Waals surface area (Å²) in [7, 11) is 0. The number of carbonyl (C=O) groups is 1. The molecule has 0 spiro atoms. The average Bonchev–Trinajstić information content (AvgIpc) is 2.37. The van der Waals surface area contributed by atoms with Gasteiger partial charge < -0.3 is 15.0 Å². The summed E-state index contributed by atoms with van der Waals surface area (Å²) in [6.45, 7) is 6.74. The third-order valence-corrected chi connectivity index (χ3v) is 3.23. The number of hydrogen-bond acceptors (Lipinski definition) is 3. The van der Waals surface area contributed by atoms with E-state index in [1.807, 2.05) is 44.2 Å². The van der Waals surface area contributed by atoms with E-state index in [0.29, 0.717) is 13.2 Å². The average molecular weight is 285 g/mol. The first-order valence-electron chi connectivity index (χ1n) is 6.29. The Hall–Kier alpha value is -1.26. The van der Waals surface area contributed by atoms with E-state index in [-0.39, 0.29) is 24.0 Å². The van der Waals surface area contributed by atoms with Crippen molar-refractivity contribution in [1.29, 1.82) is 0 Å². The molecule has 0 aliphatic carbocycles. The lowest BCUT2D eigenvalue weighted by atomic mass is 10.0. The van der Waals surface area contributed by atoms with Crippen molar-refractivity contribution in [3.63, 3.8) is 0 Å². The lowest BCUT2D eigenvalue weighted by molar-refractivity contribution is 0.0458. The molecule has 1 N–H and O–H groups in total. The second-order valence-corrected chi connectivity index (χ2v) is 5.18. The van der Waals surface area contributed by atoms with E-state index in [2.05, 4.69) is 5.32 Å². The highest BCUT2D eigenvalue weighted by Gasteiger charge is 2.34. The summed E-state index contributed by atoms with van der Waals surface area (Å²) < 4.78 is 5.36. The Morgan fingerprint density at radius 3 is 2.68 bits per heavy atom. The minimum Gasteiger partial charge on any atom is -0.445 e. The third kappa shape index (κ3) is 4.11. The molecule has 5 heteroatoms. The van der Waals surface area contributed by atoms with Crippen LogP contribution in [0.15, 0.2) is 30.3 Å². The van der Waals surface area contributed by atoms with Crippen LogP contribution in [-0.4, -0.2) is 36.2 Å². The lowest BCUT2D eigenvalue weighted by Gasteiger charge is -2.41. The summed E-state index contributed by atoms with van der Waals surface area (Å²) in [5.74, 6) is 0. The topological polar surface area (TPSA) is 41.6 Å². The van der Waals surface area contributed by atoms with Gasteiger partial charge in [0.2, 0.25) is 0 Å². The summed E-state index contributed by atoms with van der Waals surface area (Å²) in [6, 6.07) is 9.74. The van der Waals surface area contributed by atoms with Crippen molar-refractivity contribution in [1.82, 2.24) is 10.2 Å². The van der Waals surface area contributed by atoms with Crippen molar-refractivity contribution >= 4 is 18.5 Å². The summed E-state index contributed by atoms with van der Waals surface area (Å²) in [4.78, 5) is 13.9. The standard InChI is InChI=1S/C14H20N2O2.ClH/c1-14(2)11-15-8-9-16(14)13(17)18-10-12-6-4-3-5-7-12;/h3-7,15H,8-11H2,1-2H3;1H. The zero-order valence-corrected chi connectivity index (χ0v) is 12.2. The van der Waals surface area contributed by atoms with E-state index in [1.165, 1.54) is 0 Å². The van der Waals surface area contributed by atoms with Crippen LogP contribution in [-0.2, 0) is 11.3 Å². The second-order valence-electron chi connectivity index (χ2n) is 5.18. The number of piperazine rings is 1. The Morgan fingerprint density at radius 2 is 2.05 bits per heavy atom. The van der Waals surface area contributed by atoms with Gasteiger partial charge in [-0.2, -0.15) is 0 Å². The van der Waals surface area contributed by atoms with Gasteiger partial charge in [0.05, 0.1) is 5.54 Å². The van der Waals surface area contributed by atoms with Gasteiger partial charge in [-0.05, 0) is 19.4 Å². The molecule has 1 aliphatic rings. The molecule has 2 rings (SSSR count). The van der Waals surface area contributed by atoms with Gasteiger partial charge in [0.25, 0.3) is 0 Å². The van der Waals surface area contributed by atoms with Crippen LogP contribution < -0.4 is 5.32 Å². The number of benzene rings is 1. The number of nitrogens with one attached hydrogen (secondary N) is 1. The van der Waals surface area contributed by atoms with Gasteiger partial charge in [-0.25, -0.2) is 4.79 Å². The number of carbonyl (C=O) groups excluding carboxylic acids is 1. The van der Waals surface area contributed by atoms with Crippen LogP contribution in [0.3, 0.4) is 0 Å². The second kappa shape index (κ2) is 6.78. The van der Waals surface area contributed by atoms with Gasteiger partial charge in [0.1, 0.15) is 6.61 Å². The minimum absolute atomic E-state index is 0. The van der Waals surface area contributed by atoms with E-state index in [1.54, 1.807) is 4.90 Å². The predicted molar refractivity (Wildman–Crippen MR) is 77.5 cm³/mol. The van der Waals surface area contributed by atoms with Gasteiger partial charge in [0.15, 0.2) is 0 Å². The summed E-state index contributed by atoms with van der Waals surface area (Å²) in [5.41, 5.74) is 0.824. The number of rotatable bonds is 2. The van der Waals surface area contributed by atoms with Crippen LogP contribution in [0.5, 0.6) is 0 Å². The third-order valence-electron chi connectivity index (χ3n) is 3.23. The fraction of sp³-hybridized carbons (Fsp3) is 0.500. The number of ether oxygens (including phenoxy) is 1. The maximum atomic E-state index is 12.1. The maximum absolute atomic E-state index is 12.1. The molecule has 0 saturated carbocycles. The fourth-order valence-electron chi connectivity index (χ4n) is 2.12. The first-order chi connectivity index (χ1) is 8.59. The van der Waals surface area contributed by atoms with Crippen LogP contribution in [0.4, 0.5) is 4.79 Å². The highest BCUT2D eigenvalue weighted by atomic mass is 35.5. The van der Waals surface area contributed by atoms with Crippen molar-refractivity contribution in [2.75, 3.05) is 19.6 Å². The Labute approximate surface area is 120 Å². The summed E-state index contributed by atoms with van der Waals surface area (Å²) >= 11 is 0. The SMILES string of the molecule is CC1(C)CNCCN1C(=O)OCc1ccccc1.Cl. The molecule has 1 aliphatic heterocycles. The van der Waals surface area contributed by atoms with Crippen molar-refractivity contribution in [2.24, 2.45) is 0 Å². The van der Waals surface area contributed by atoms with Crippen molar-refractivity contribution in [3.05, 3.63) is 35.9 Å². The first-order valence-corrected chi connectivity index (χ1v) is 6.29. The smallest absolute Gasteiger partial charge is 0.410 e. The zero-order chi connectivity index (χ0) is 13.0. The number of amides is 1. The normalized spacial score (nSPS) is 17.5. The van der Waals surface area contributed by atoms with Gasteiger partial charge >= 0.3 is 6.09 Å². The quantitative estimate of drug-likeness (QED) is 0.907. The largest absolute Gasteiger partial charge is 0.445 e. The highest BCUT2D eigenvalue weighted by Crippen LogP contribution is 2.17. The molecule has 0 atom stereocenters. The summed E-state index contributed by atoms with van der Waals surface area (Å²) in [6.07, 6.45) is -0.231. The molecule has 1 aromatic carbocycles. The molecule has 0 aromatic heterocycles. The van der Waals surface area contributed by atoms with Crippen molar-refractivity contribution in [2.45, 2.75) is 26.0 Å². The molecule has 1 amide bonds. The molecule has 19 heavy (non-hydrogen) atoms. The number of halogens is 1. The molecule has 1 heterocycles. The van der Waals surface area contributed by atoms with E-state index >= 15 is 0 Å². The van der Waals surface area contributed by atoms with Crippen LogP contribution in [0.2, 0.25) is 0 Å². The predicted octanol–water partition coefficient (Wildman–Crippen LogP) is 2.43. The van der Waals surface area contributed by atoms with Crippen molar-refractivity contribution < 1.29 is 9.53 Å². The Morgan fingerprint density at radius 1 is 1.37 bits per heavy atom. The molecule has 0 radical (unpaired) electrons. The fourth-order valence-corrected chi connectivity index (χ4v) is 2.12. The van der Waals surface area contributed by atoms with E-state index in [0.717, 1.165) is 18.7 Å². The monoisotopic (exact) mass is 284 g/mol. The first kappa shape index (κ1) is 15.8. The molecule has 0 unspecified atom stereocenters. The van der Waals surface area contributed by atoms with Crippen LogP contribution in [0, 0.1) is 0 Å². The molecule has 1 fully saturated rings. The zero-order valence-electron chi connectivity index (χ0n) is 11.4. The molecular weight excluding hydrogens is 264 g/mol. The van der Waals surface area contributed by atoms with Crippen LogP contribution in [0.25, 0.3) is 0 Å².